The van der Waals surface area contributed by atoms with Crippen LogP contribution in [0.25, 0.3) is 0 Å². The van der Waals surface area contributed by atoms with Crippen molar-refractivity contribution in [2.45, 2.75) is 45.7 Å². The summed E-state index contributed by atoms with van der Waals surface area (Å²) in [6.07, 6.45) is 1.94. The fraction of sp³-hybridized carbons (Fsp3) is 0.412. The van der Waals surface area contributed by atoms with E-state index in [0.29, 0.717) is 38.0 Å². The van der Waals surface area contributed by atoms with E-state index in [1.54, 1.807) is 19.2 Å². The molecule has 0 bridgehead atoms. The third-order valence-electron chi connectivity index (χ3n) is 8.23. The Labute approximate surface area is 260 Å². The van der Waals surface area contributed by atoms with Gasteiger partial charge >= 0.3 is 0 Å². The van der Waals surface area contributed by atoms with Gasteiger partial charge in [0.15, 0.2) is 0 Å². The van der Waals surface area contributed by atoms with Gasteiger partial charge in [-0.05, 0) is 62.1 Å². The summed E-state index contributed by atoms with van der Waals surface area (Å²) in [5.74, 6) is 0.744. The zero-order valence-corrected chi connectivity index (χ0v) is 25.9. The average molecular weight is 599 g/mol. The van der Waals surface area contributed by atoms with Gasteiger partial charge in [0.25, 0.3) is 5.69 Å². The quantitative estimate of drug-likeness (QED) is 0.205. The fourth-order valence-corrected chi connectivity index (χ4v) is 5.71. The molecule has 1 aliphatic heterocycles. The summed E-state index contributed by atoms with van der Waals surface area (Å²) in [5.41, 5.74) is 4.82. The average Bonchev–Trinajstić information content (AvgIpc) is 3.05. The predicted octanol–water partition coefficient (Wildman–Crippen LogP) is 4.96. The Bertz CT molecular complexity index is 1450. The molecule has 1 atom stereocenters. The van der Waals surface area contributed by atoms with Crippen molar-refractivity contribution in [1.29, 1.82) is 5.26 Å². The van der Waals surface area contributed by atoms with Crippen molar-refractivity contribution in [1.82, 2.24) is 10.2 Å². The van der Waals surface area contributed by atoms with Crippen LogP contribution >= 0.6 is 0 Å². The van der Waals surface area contributed by atoms with Gasteiger partial charge in [-0.15, -0.1) is 0 Å². The van der Waals surface area contributed by atoms with Crippen molar-refractivity contribution in [3.8, 4) is 11.8 Å². The van der Waals surface area contributed by atoms with E-state index in [-0.39, 0.29) is 16.5 Å². The SMILES string of the molecule is CCN(c1ccc([N+](=O)[O-])c(CN2CCN(c3ccccc3OC)CC2)c1)C(C)C(=O)NCCc1ccc(CCC#N)cc1. The number of nitrogens with zero attached hydrogens (tertiary/aromatic N) is 5. The number of piperazine rings is 1. The molecular weight excluding hydrogens is 556 g/mol. The Hall–Kier alpha value is -4.62. The minimum Gasteiger partial charge on any atom is -0.495 e. The van der Waals surface area contributed by atoms with Crippen LogP contribution in [0.5, 0.6) is 5.75 Å². The molecule has 0 saturated carbocycles. The first-order chi connectivity index (χ1) is 21.3. The van der Waals surface area contributed by atoms with E-state index in [1.165, 1.54) is 0 Å². The molecule has 0 aromatic heterocycles. The van der Waals surface area contributed by atoms with Crippen LogP contribution in [0.4, 0.5) is 17.1 Å². The number of para-hydroxylation sites is 2. The lowest BCUT2D eigenvalue weighted by atomic mass is 10.1. The van der Waals surface area contributed by atoms with Crippen LogP contribution in [0.1, 0.15) is 37.0 Å². The van der Waals surface area contributed by atoms with Crippen molar-refractivity contribution < 1.29 is 14.5 Å². The van der Waals surface area contributed by atoms with Gasteiger partial charge in [0.05, 0.1) is 23.8 Å². The van der Waals surface area contributed by atoms with Crippen molar-refractivity contribution in [2.24, 2.45) is 0 Å². The highest BCUT2D eigenvalue weighted by Gasteiger charge is 2.25. The third-order valence-corrected chi connectivity index (χ3v) is 8.23. The summed E-state index contributed by atoms with van der Waals surface area (Å²) in [6, 6.07) is 23.0. The lowest BCUT2D eigenvalue weighted by Gasteiger charge is -2.36. The molecule has 44 heavy (non-hydrogen) atoms. The molecule has 4 rings (SSSR count). The van der Waals surface area contributed by atoms with E-state index in [4.69, 9.17) is 10.00 Å². The Morgan fingerprint density at radius 3 is 2.39 bits per heavy atom. The number of benzene rings is 3. The normalized spacial score (nSPS) is 14.0. The number of amides is 1. The molecule has 3 aromatic rings. The molecule has 1 fully saturated rings. The first kappa shape index (κ1) is 32.3. The molecule has 1 N–H and O–H groups in total. The van der Waals surface area contributed by atoms with Crippen LogP contribution in [0, 0.1) is 21.4 Å². The number of carbonyl (C=O) groups is 1. The molecule has 0 aliphatic carbocycles. The fourth-order valence-electron chi connectivity index (χ4n) is 5.71. The van der Waals surface area contributed by atoms with E-state index < -0.39 is 6.04 Å². The number of methoxy groups -OCH3 is 1. The standard InChI is InChI=1S/C34H42N6O4/c1-4-39(26(2)34(41)36-19-17-28-13-11-27(12-14-28)8-7-18-35)30-15-16-31(40(42)43)29(24-30)25-37-20-22-38(23-21-37)32-9-5-6-10-33(32)44-3/h5-6,9-16,24,26H,4,7-8,17,19-23,25H2,1-3H3,(H,36,41). The number of rotatable bonds is 14. The van der Waals surface area contributed by atoms with Crippen LogP contribution in [-0.2, 0) is 24.2 Å². The first-order valence-corrected chi connectivity index (χ1v) is 15.2. The minimum absolute atomic E-state index is 0.0905. The number of anilines is 2. The van der Waals surface area contributed by atoms with Gasteiger partial charge < -0.3 is 19.9 Å². The summed E-state index contributed by atoms with van der Waals surface area (Å²) in [5, 5.41) is 23.8. The lowest BCUT2D eigenvalue weighted by molar-refractivity contribution is -0.385. The predicted molar refractivity (Wildman–Crippen MR) is 173 cm³/mol. The van der Waals surface area contributed by atoms with Crippen molar-refractivity contribution in [2.75, 3.05) is 56.2 Å². The van der Waals surface area contributed by atoms with E-state index in [9.17, 15) is 14.9 Å². The van der Waals surface area contributed by atoms with Gasteiger partial charge in [-0.1, -0.05) is 36.4 Å². The van der Waals surface area contributed by atoms with Crippen LogP contribution in [0.2, 0.25) is 0 Å². The van der Waals surface area contributed by atoms with E-state index in [1.807, 2.05) is 67.3 Å². The van der Waals surface area contributed by atoms with Crippen molar-refractivity contribution in [3.63, 3.8) is 0 Å². The number of hydrogen-bond acceptors (Lipinski definition) is 8. The summed E-state index contributed by atoms with van der Waals surface area (Å²) < 4.78 is 5.53. The number of ether oxygens (including phenoxy) is 1. The first-order valence-electron chi connectivity index (χ1n) is 15.2. The Morgan fingerprint density at radius 2 is 1.75 bits per heavy atom. The number of hydrogen-bond donors (Lipinski definition) is 1. The highest BCUT2D eigenvalue weighted by atomic mass is 16.6. The summed E-state index contributed by atoms with van der Waals surface area (Å²) in [4.78, 5) is 31.2. The van der Waals surface area contributed by atoms with Gasteiger partial charge in [-0.25, -0.2) is 0 Å². The number of nitro groups is 1. The maximum atomic E-state index is 13.1. The Kier molecular flexibility index (Phi) is 11.5. The van der Waals surface area contributed by atoms with E-state index in [0.717, 1.165) is 60.9 Å². The van der Waals surface area contributed by atoms with Gasteiger partial charge in [0.2, 0.25) is 5.91 Å². The number of nitriles is 1. The molecule has 10 heteroatoms. The molecular formula is C34H42N6O4. The second-order valence-corrected chi connectivity index (χ2v) is 11.0. The molecule has 0 spiro atoms. The maximum absolute atomic E-state index is 13.1. The molecule has 0 radical (unpaired) electrons. The van der Waals surface area contributed by atoms with Gasteiger partial charge in [0.1, 0.15) is 11.8 Å². The van der Waals surface area contributed by atoms with Crippen LogP contribution in [0.15, 0.2) is 66.7 Å². The molecule has 1 unspecified atom stereocenters. The minimum atomic E-state index is -0.452. The number of carbonyl (C=O) groups excluding carboxylic acids is 1. The Morgan fingerprint density at radius 1 is 1.07 bits per heavy atom. The van der Waals surface area contributed by atoms with Gasteiger partial charge in [-0.3, -0.25) is 19.8 Å². The van der Waals surface area contributed by atoms with E-state index in [2.05, 4.69) is 27.3 Å². The molecule has 1 aliphatic rings. The zero-order chi connectivity index (χ0) is 31.5. The number of nitro benzene ring substituents is 1. The van der Waals surface area contributed by atoms with Crippen molar-refractivity contribution >= 4 is 23.0 Å². The molecule has 3 aromatic carbocycles. The molecule has 1 saturated heterocycles. The van der Waals surface area contributed by atoms with Crippen LogP contribution < -0.4 is 19.9 Å². The highest BCUT2D eigenvalue weighted by molar-refractivity contribution is 5.85. The second-order valence-electron chi connectivity index (χ2n) is 11.0. The smallest absolute Gasteiger partial charge is 0.274 e. The monoisotopic (exact) mass is 598 g/mol. The number of nitrogens with one attached hydrogen (secondary N) is 1. The van der Waals surface area contributed by atoms with E-state index >= 15 is 0 Å². The third kappa shape index (κ3) is 8.26. The highest BCUT2D eigenvalue weighted by Crippen LogP contribution is 2.30. The zero-order valence-electron chi connectivity index (χ0n) is 25.9. The van der Waals surface area contributed by atoms with Crippen molar-refractivity contribution in [3.05, 3.63) is 93.5 Å². The second kappa shape index (κ2) is 15.7. The summed E-state index contributed by atoms with van der Waals surface area (Å²) >= 11 is 0. The molecule has 1 heterocycles. The van der Waals surface area contributed by atoms with Gasteiger partial charge in [-0.2, -0.15) is 5.26 Å². The van der Waals surface area contributed by atoms with Crippen LogP contribution in [0.3, 0.4) is 0 Å². The van der Waals surface area contributed by atoms with Crippen LogP contribution in [-0.4, -0.2) is 68.2 Å². The molecule has 232 valence electrons. The largest absolute Gasteiger partial charge is 0.495 e. The summed E-state index contributed by atoms with van der Waals surface area (Å²) in [6.45, 7) is 8.48. The molecule has 10 nitrogen and oxygen atoms in total. The number of likely N-dealkylation sites (N-methyl/N-ethyl adjacent to an activating group) is 1. The Balaban J connectivity index is 1.37. The van der Waals surface area contributed by atoms with Gasteiger partial charge in [0, 0.05) is 69.6 Å². The summed E-state index contributed by atoms with van der Waals surface area (Å²) in [7, 11) is 1.67. The molecule has 1 amide bonds. The number of aryl methyl sites for hydroxylation is 1. The maximum Gasteiger partial charge on any atom is 0.274 e. The lowest BCUT2D eigenvalue weighted by Crippen LogP contribution is -2.46. The topological polar surface area (TPSA) is 115 Å².